The zero-order valence-corrected chi connectivity index (χ0v) is 13.1. The average Bonchev–Trinajstić information content (AvgIpc) is 2.71. The molecule has 0 bridgehead atoms. The normalized spacial score (nSPS) is 29.4. The summed E-state index contributed by atoms with van der Waals surface area (Å²) in [6.45, 7) is 6.97. The fourth-order valence-electron chi connectivity index (χ4n) is 3.91. The van der Waals surface area contributed by atoms with E-state index in [1.807, 2.05) is 0 Å². The van der Waals surface area contributed by atoms with Crippen LogP contribution < -0.4 is 5.32 Å². The number of aryl methyl sites for hydroxylation is 2. The van der Waals surface area contributed by atoms with Gasteiger partial charge < -0.3 is 5.32 Å². The summed E-state index contributed by atoms with van der Waals surface area (Å²) in [7, 11) is 4.17. The van der Waals surface area contributed by atoms with Gasteiger partial charge in [-0.1, -0.05) is 20.8 Å². The molecule has 0 spiro atoms. The Morgan fingerprint density at radius 1 is 1.32 bits per heavy atom. The highest BCUT2D eigenvalue weighted by Crippen LogP contribution is 2.39. The lowest BCUT2D eigenvalue weighted by Gasteiger charge is -2.36. The Morgan fingerprint density at radius 3 is 2.42 bits per heavy atom. The number of hydrogen-bond donors (Lipinski definition) is 1. The second-order valence-electron chi connectivity index (χ2n) is 6.48. The summed E-state index contributed by atoms with van der Waals surface area (Å²) >= 11 is 0. The molecule has 3 heteroatoms. The van der Waals surface area contributed by atoms with Crippen molar-refractivity contribution in [3.05, 3.63) is 17.5 Å². The van der Waals surface area contributed by atoms with Crippen molar-refractivity contribution in [2.45, 2.75) is 52.5 Å². The molecule has 1 aromatic rings. The molecule has 3 nitrogen and oxygen atoms in total. The van der Waals surface area contributed by atoms with Gasteiger partial charge >= 0.3 is 0 Å². The molecule has 0 saturated heterocycles. The van der Waals surface area contributed by atoms with E-state index >= 15 is 0 Å². The van der Waals surface area contributed by atoms with Crippen molar-refractivity contribution < 1.29 is 0 Å². The van der Waals surface area contributed by atoms with Gasteiger partial charge in [-0.05, 0) is 56.6 Å². The van der Waals surface area contributed by atoms with Crippen molar-refractivity contribution in [1.29, 1.82) is 0 Å². The fourth-order valence-corrected chi connectivity index (χ4v) is 3.91. The van der Waals surface area contributed by atoms with Gasteiger partial charge in [0.15, 0.2) is 0 Å². The molecule has 0 aromatic carbocycles. The molecular weight excluding hydrogens is 234 g/mol. The van der Waals surface area contributed by atoms with Gasteiger partial charge in [-0.2, -0.15) is 5.10 Å². The van der Waals surface area contributed by atoms with Gasteiger partial charge in [0.05, 0.1) is 17.4 Å². The number of nitrogens with one attached hydrogen (secondary N) is 1. The number of rotatable bonds is 4. The summed E-state index contributed by atoms with van der Waals surface area (Å²) < 4.78 is 2.07. The van der Waals surface area contributed by atoms with Gasteiger partial charge in [-0.15, -0.1) is 0 Å². The van der Waals surface area contributed by atoms with Gasteiger partial charge in [-0.25, -0.2) is 0 Å². The molecular formula is C16H29N3. The third-order valence-corrected chi connectivity index (χ3v) is 4.64. The first kappa shape index (κ1) is 14.6. The topological polar surface area (TPSA) is 29.9 Å². The summed E-state index contributed by atoms with van der Waals surface area (Å²) in [5.74, 6) is 2.44. The van der Waals surface area contributed by atoms with Crippen molar-refractivity contribution in [3.63, 3.8) is 0 Å². The smallest absolute Gasteiger partial charge is 0.0625 e. The molecule has 0 radical (unpaired) electrons. The lowest BCUT2D eigenvalue weighted by Crippen LogP contribution is -2.32. The minimum absolute atomic E-state index is 0.447. The van der Waals surface area contributed by atoms with E-state index in [1.165, 1.54) is 30.7 Å². The summed E-state index contributed by atoms with van der Waals surface area (Å²) in [6.07, 6.45) is 5.07. The lowest BCUT2D eigenvalue weighted by atomic mass is 9.73. The van der Waals surface area contributed by atoms with E-state index in [-0.39, 0.29) is 0 Å². The van der Waals surface area contributed by atoms with Crippen molar-refractivity contribution >= 4 is 0 Å². The first-order chi connectivity index (χ1) is 9.05. The van der Waals surface area contributed by atoms with Crippen LogP contribution in [0.1, 0.15) is 57.5 Å². The maximum atomic E-state index is 4.61. The number of nitrogens with zero attached hydrogens (tertiary/aromatic N) is 2. The zero-order valence-electron chi connectivity index (χ0n) is 13.1. The molecule has 108 valence electrons. The Morgan fingerprint density at radius 2 is 1.95 bits per heavy atom. The van der Waals surface area contributed by atoms with Gasteiger partial charge in [0.2, 0.25) is 0 Å². The quantitative estimate of drug-likeness (QED) is 0.903. The van der Waals surface area contributed by atoms with Crippen LogP contribution in [-0.4, -0.2) is 16.8 Å². The predicted octanol–water partition coefficient (Wildman–Crippen LogP) is 3.32. The monoisotopic (exact) mass is 263 g/mol. The zero-order chi connectivity index (χ0) is 14.0. The van der Waals surface area contributed by atoms with Crippen molar-refractivity contribution in [1.82, 2.24) is 15.1 Å². The molecule has 3 unspecified atom stereocenters. The summed E-state index contributed by atoms with van der Waals surface area (Å²) in [6, 6.07) is 2.73. The highest BCUT2D eigenvalue weighted by atomic mass is 15.3. The van der Waals surface area contributed by atoms with Crippen LogP contribution in [0.5, 0.6) is 0 Å². The average molecular weight is 263 g/mol. The Balaban J connectivity index is 2.20. The molecule has 1 aromatic heterocycles. The molecule has 1 fully saturated rings. The van der Waals surface area contributed by atoms with E-state index in [9.17, 15) is 0 Å². The Hall–Kier alpha value is -0.830. The van der Waals surface area contributed by atoms with Crippen LogP contribution in [0.25, 0.3) is 0 Å². The molecule has 1 aliphatic carbocycles. The van der Waals surface area contributed by atoms with E-state index in [1.54, 1.807) is 0 Å². The van der Waals surface area contributed by atoms with E-state index in [0.717, 1.165) is 24.2 Å². The second-order valence-corrected chi connectivity index (χ2v) is 6.48. The standard InChI is InChI=1S/C16H29N3/c1-6-14-10-15(19(5)18-14)16(17-4)13-8-11(2)7-12(3)9-13/h10-13,16-17H,6-9H2,1-5H3. The Kier molecular flexibility index (Phi) is 4.67. The minimum Gasteiger partial charge on any atom is -0.311 e. The maximum Gasteiger partial charge on any atom is 0.0625 e. The van der Waals surface area contributed by atoms with Crippen molar-refractivity contribution in [2.24, 2.45) is 24.8 Å². The molecule has 3 atom stereocenters. The number of aromatic nitrogens is 2. The Labute approximate surface area is 117 Å². The van der Waals surface area contributed by atoms with Gasteiger partial charge in [0.1, 0.15) is 0 Å². The minimum atomic E-state index is 0.447. The molecule has 1 aliphatic rings. The molecule has 1 heterocycles. The van der Waals surface area contributed by atoms with E-state index in [4.69, 9.17) is 0 Å². The molecule has 0 aliphatic heterocycles. The molecule has 0 amide bonds. The van der Waals surface area contributed by atoms with Crippen LogP contribution in [-0.2, 0) is 13.5 Å². The van der Waals surface area contributed by atoms with E-state index in [0.29, 0.717) is 6.04 Å². The molecule has 2 rings (SSSR count). The summed E-state index contributed by atoms with van der Waals surface area (Å²) in [5, 5.41) is 8.15. The lowest BCUT2D eigenvalue weighted by molar-refractivity contribution is 0.177. The van der Waals surface area contributed by atoms with E-state index in [2.05, 4.69) is 56.0 Å². The Bertz CT molecular complexity index is 400. The van der Waals surface area contributed by atoms with E-state index < -0.39 is 0 Å². The van der Waals surface area contributed by atoms with Gasteiger partial charge in [-0.3, -0.25) is 4.68 Å². The largest absolute Gasteiger partial charge is 0.311 e. The van der Waals surface area contributed by atoms with Crippen LogP contribution in [0.15, 0.2) is 6.07 Å². The SMILES string of the molecule is CCc1cc(C(NC)C2CC(C)CC(C)C2)n(C)n1. The first-order valence-corrected chi connectivity index (χ1v) is 7.75. The van der Waals surface area contributed by atoms with Crippen LogP contribution in [0.2, 0.25) is 0 Å². The first-order valence-electron chi connectivity index (χ1n) is 7.75. The van der Waals surface area contributed by atoms with Gasteiger partial charge in [0, 0.05) is 7.05 Å². The maximum absolute atomic E-state index is 4.61. The van der Waals surface area contributed by atoms with Crippen LogP contribution in [0, 0.1) is 17.8 Å². The highest BCUT2D eigenvalue weighted by Gasteiger charge is 2.31. The van der Waals surface area contributed by atoms with Crippen LogP contribution in [0.4, 0.5) is 0 Å². The van der Waals surface area contributed by atoms with Crippen LogP contribution >= 0.6 is 0 Å². The predicted molar refractivity (Wildman–Crippen MR) is 80.1 cm³/mol. The van der Waals surface area contributed by atoms with Crippen molar-refractivity contribution in [3.8, 4) is 0 Å². The third-order valence-electron chi connectivity index (χ3n) is 4.64. The number of hydrogen-bond acceptors (Lipinski definition) is 2. The van der Waals surface area contributed by atoms with Crippen LogP contribution in [0.3, 0.4) is 0 Å². The third kappa shape index (κ3) is 3.19. The summed E-state index contributed by atoms with van der Waals surface area (Å²) in [4.78, 5) is 0. The molecule has 19 heavy (non-hydrogen) atoms. The summed E-state index contributed by atoms with van der Waals surface area (Å²) in [5.41, 5.74) is 2.56. The molecule has 1 saturated carbocycles. The molecule has 1 N–H and O–H groups in total. The second kappa shape index (κ2) is 6.08. The van der Waals surface area contributed by atoms with Gasteiger partial charge in [0.25, 0.3) is 0 Å². The van der Waals surface area contributed by atoms with Crippen molar-refractivity contribution in [2.75, 3.05) is 7.05 Å². The highest BCUT2D eigenvalue weighted by molar-refractivity contribution is 5.15. The fraction of sp³-hybridized carbons (Fsp3) is 0.812.